The predicted molar refractivity (Wildman–Crippen MR) is 43.1 cm³/mol. The van der Waals surface area contributed by atoms with E-state index >= 15 is 0 Å². The van der Waals surface area contributed by atoms with Crippen LogP contribution >= 0.6 is 11.6 Å². The third-order valence-electron chi connectivity index (χ3n) is 1.15. The lowest BCUT2D eigenvalue weighted by atomic mass is 10.4. The normalized spacial score (nSPS) is 9.27. The third-order valence-corrected chi connectivity index (χ3v) is 1.35. The molecule has 1 aromatic heterocycles. The fourth-order valence-corrected chi connectivity index (χ4v) is 0.658. The van der Waals surface area contributed by atoms with Crippen molar-refractivity contribution in [2.75, 3.05) is 7.11 Å². The molecule has 1 rings (SSSR count). The molecule has 3 nitrogen and oxygen atoms in total. The Morgan fingerprint density at radius 3 is 2.73 bits per heavy atom. The minimum Gasteiger partial charge on any atom is -0.495 e. The van der Waals surface area contributed by atoms with Crippen LogP contribution in [0.5, 0.6) is 0 Å². The molecule has 0 aliphatic rings. The first-order valence-corrected chi connectivity index (χ1v) is 3.32. The van der Waals surface area contributed by atoms with Gasteiger partial charge in [0, 0.05) is 0 Å². The summed E-state index contributed by atoms with van der Waals surface area (Å²) in [5.74, 6) is 0.481. The molecule has 0 aliphatic heterocycles. The quantitative estimate of drug-likeness (QED) is 0.635. The van der Waals surface area contributed by atoms with Crippen LogP contribution in [-0.2, 0) is 4.74 Å². The average Bonchev–Trinajstić information content (AvgIpc) is 2.05. The van der Waals surface area contributed by atoms with E-state index in [0.717, 1.165) is 0 Å². The van der Waals surface area contributed by atoms with Crippen molar-refractivity contribution in [3.05, 3.63) is 29.8 Å². The molecule has 0 radical (unpaired) electrons. The van der Waals surface area contributed by atoms with Gasteiger partial charge in [0.25, 0.3) is 0 Å². The highest BCUT2D eigenvalue weighted by Crippen LogP contribution is 2.09. The maximum atomic E-state index is 5.52. The number of aromatic nitrogens is 2. The largest absolute Gasteiger partial charge is 0.495 e. The lowest BCUT2D eigenvalue weighted by Gasteiger charge is -2.00. The van der Waals surface area contributed by atoms with E-state index in [1.165, 1.54) is 19.5 Å². The highest BCUT2D eigenvalue weighted by Gasteiger charge is 1.98. The Kier molecular flexibility index (Phi) is 2.44. The summed E-state index contributed by atoms with van der Waals surface area (Å²) in [6.45, 7) is 3.61. The molecule has 0 N–H and O–H groups in total. The molecule has 0 amide bonds. The van der Waals surface area contributed by atoms with Crippen LogP contribution in [0.4, 0.5) is 0 Å². The lowest BCUT2D eigenvalue weighted by molar-refractivity contribution is 0.369. The number of halogens is 1. The summed E-state index contributed by atoms with van der Waals surface area (Å²) in [6, 6.07) is 0. The third kappa shape index (κ3) is 1.91. The molecular weight excluding hydrogens is 164 g/mol. The Labute approximate surface area is 69.7 Å². The topological polar surface area (TPSA) is 35.0 Å². The van der Waals surface area contributed by atoms with E-state index in [4.69, 9.17) is 16.3 Å². The monoisotopic (exact) mass is 170 g/mol. The summed E-state index contributed by atoms with van der Waals surface area (Å²) in [5.41, 5.74) is 0.594. The highest BCUT2D eigenvalue weighted by atomic mass is 35.5. The minimum atomic E-state index is 0.359. The molecule has 0 fully saturated rings. The number of hydrogen-bond donors (Lipinski definition) is 0. The van der Waals surface area contributed by atoms with Gasteiger partial charge in [-0.05, 0) is 0 Å². The zero-order valence-corrected chi connectivity index (χ0v) is 6.80. The first-order valence-electron chi connectivity index (χ1n) is 2.95. The average molecular weight is 171 g/mol. The fourth-order valence-electron chi connectivity index (χ4n) is 0.561. The van der Waals surface area contributed by atoms with Gasteiger partial charge in [0.1, 0.15) is 16.6 Å². The van der Waals surface area contributed by atoms with E-state index < -0.39 is 0 Å². The van der Waals surface area contributed by atoms with Gasteiger partial charge >= 0.3 is 0 Å². The van der Waals surface area contributed by atoms with Gasteiger partial charge in [0.15, 0.2) is 0 Å². The van der Waals surface area contributed by atoms with Crippen LogP contribution in [-0.4, -0.2) is 17.1 Å². The Bertz CT molecular complexity index is 258. The molecule has 0 bridgehead atoms. The molecule has 58 valence electrons. The first kappa shape index (κ1) is 8.01. The van der Waals surface area contributed by atoms with Crippen molar-refractivity contribution in [2.45, 2.75) is 0 Å². The zero-order valence-electron chi connectivity index (χ0n) is 6.04. The Hall–Kier alpha value is -1.09. The van der Waals surface area contributed by atoms with Gasteiger partial charge in [0.2, 0.25) is 0 Å². The van der Waals surface area contributed by atoms with E-state index in [1.807, 2.05) is 0 Å². The fraction of sp³-hybridized carbons (Fsp3) is 0.143. The predicted octanol–water partition coefficient (Wildman–Crippen LogP) is 1.75. The number of hydrogen-bond acceptors (Lipinski definition) is 3. The SMILES string of the molecule is C=C(OC)c1cnc(Cl)cn1. The Morgan fingerprint density at radius 2 is 2.27 bits per heavy atom. The van der Waals surface area contributed by atoms with Gasteiger partial charge in [-0.1, -0.05) is 18.2 Å². The summed E-state index contributed by atoms with van der Waals surface area (Å²) >= 11 is 5.52. The van der Waals surface area contributed by atoms with Gasteiger partial charge in [-0.25, -0.2) is 9.97 Å². The van der Waals surface area contributed by atoms with Gasteiger partial charge in [-0.2, -0.15) is 0 Å². The molecule has 0 aliphatic carbocycles. The molecule has 0 aromatic carbocycles. The van der Waals surface area contributed by atoms with Gasteiger partial charge in [-0.15, -0.1) is 0 Å². The standard InChI is InChI=1S/C7H7ClN2O/c1-5(11-2)6-3-10-7(8)4-9-6/h3-4H,1H2,2H3. The van der Waals surface area contributed by atoms with Crippen molar-refractivity contribution < 1.29 is 4.74 Å². The molecule has 0 saturated carbocycles. The van der Waals surface area contributed by atoms with Crippen LogP contribution in [0.2, 0.25) is 5.15 Å². The summed E-state index contributed by atoms with van der Waals surface area (Å²) in [4.78, 5) is 7.74. The van der Waals surface area contributed by atoms with Crippen molar-refractivity contribution in [3.8, 4) is 0 Å². The van der Waals surface area contributed by atoms with E-state index in [2.05, 4.69) is 16.5 Å². The van der Waals surface area contributed by atoms with Crippen molar-refractivity contribution >= 4 is 17.4 Å². The molecule has 11 heavy (non-hydrogen) atoms. The minimum absolute atomic E-state index is 0.359. The van der Waals surface area contributed by atoms with Crippen molar-refractivity contribution in [1.29, 1.82) is 0 Å². The zero-order chi connectivity index (χ0) is 8.27. The first-order chi connectivity index (χ1) is 5.24. The maximum Gasteiger partial charge on any atom is 0.147 e. The van der Waals surface area contributed by atoms with E-state index in [-0.39, 0.29) is 0 Å². The second kappa shape index (κ2) is 3.34. The second-order valence-electron chi connectivity index (χ2n) is 1.85. The number of rotatable bonds is 2. The van der Waals surface area contributed by atoms with Crippen molar-refractivity contribution in [1.82, 2.24) is 9.97 Å². The van der Waals surface area contributed by atoms with Crippen LogP contribution in [0.25, 0.3) is 5.76 Å². The van der Waals surface area contributed by atoms with Crippen molar-refractivity contribution in [2.24, 2.45) is 0 Å². The van der Waals surface area contributed by atoms with Crippen LogP contribution in [0.1, 0.15) is 5.69 Å². The molecule has 0 saturated heterocycles. The summed E-state index contributed by atoms with van der Waals surface area (Å²) < 4.78 is 4.84. The second-order valence-corrected chi connectivity index (χ2v) is 2.24. The molecule has 0 unspecified atom stereocenters. The number of methoxy groups -OCH3 is 1. The summed E-state index contributed by atoms with van der Waals surface area (Å²) in [7, 11) is 1.53. The summed E-state index contributed by atoms with van der Waals surface area (Å²) in [5, 5.41) is 0.359. The highest BCUT2D eigenvalue weighted by molar-refractivity contribution is 6.29. The smallest absolute Gasteiger partial charge is 0.147 e. The van der Waals surface area contributed by atoms with E-state index in [9.17, 15) is 0 Å². The van der Waals surface area contributed by atoms with Crippen molar-refractivity contribution in [3.63, 3.8) is 0 Å². The van der Waals surface area contributed by atoms with Crippen LogP contribution in [0.3, 0.4) is 0 Å². The molecule has 4 heteroatoms. The maximum absolute atomic E-state index is 5.52. The number of ether oxygens (including phenoxy) is 1. The van der Waals surface area contributed by atoms with Crippen LogP contribution < -0.4 is 0 Å². The van der Waals surface area contributed by atoms with Crippen LogP contribution in [0, 0.1) is 0 Å². The molecular formula is C7H7ClN2O. The van der Waals surface area contributed by atoms with Gasteiger partial charge in [0.05, 0.1) is 19.5 Å². The molecule has 1 aromatic rings. The molecule has 0 spiro atoms. The van der Waals surface area contributed by atoms with Crippen LogP contribution in [0.15, 0.2) is 19.0 Å². The Morgan fingerprint density at radius 1 is 1.55 bits per heavy atom. The van der Waals surface area contributed by atoms with E-state index in [1.54, 1.807) is 0 Å². The molecule has 1 heterocycles. The Balaban J connectivity index is 2.90. The van der Waals surface area contributed by atoms with Gasteiger partial charge in [-0.3, -0.25) is 0 Å². The molecule has 0 atom stereocenters. The number of nitrogens with zero attached hydrogens (tertiary/aromatic N) is 2. The summed E-state index contributed by atoms with van der Waals surface area (Å²) in [6.07, 6.45) is 2.95. The lowest BCUT2D eigenvalue weighted by Crippen LogP contribution is -1.90. The van der Waals surface area contributed by atoms with Gasteiger partial charge < -0.3 is 4.74 Å². The van der Waals surface area contributed by atoms with E-state index in [0.29, 0.717) is 16.6 Å².